The Morgan fingerprint density at radius 3 is 2.46 bits per heavy atom. The number of fused-ring (bicyclic) bond motifs is 1. The van der Waals surface area contributed by atoms with Crippen molar-refractivity contribution >= 4 is 23.4 Å². The minimum Gasteiger partial charge on any atom is -0.497 e. The summed E-state index contributed by atoms with van der Waals surface area (Å²) in [4.78, 5) is 32.1. The van der Waals surface area contributed by atoms with Crippen LogP contribution in [0.3, 0.4) is 0 Å². The molecule has 0 radical (unpaired) electrons. The van der Waals surface area contributed by atoms with Crippen LogP contribution in [0.4, 0.5) is 0 Å². The number of methoxy groups -OCH3 is 4. The van der Waals surface area contributed by atoms with Crippen LogP contribution in [0.1, 0.15) is 31.0 Å². The van der Waals surface area contributed by atoms with E-state index in [4.69, 9.17) is 23.7 Å². The lowest BCUT2D eigenvalue weighted by molar-refractivity contribution is -0.139. The maximum atomic E-state index is 13.9. The number of hydrogen-bond donors (Lipinski definition) is 0. The minimum atomic E-state index is -0.838. The number of ether oxygens (including phenoxy) is 5. The van der Waals surface area contributed by atoms with Crippen LogP contribution in [0.5, 0.6) is 23.0 Å². The largest absolute Gasteiger partial charge is 0.497 e. The van der Waals surface area contributed by atoms with Gasteiger partial charge in [-0.2, -0.15) is 0 Å². The van der Waals surface area contributed by atoms with E-state index in [1.807, 2.05) is 12.1 Å². The van der Waals surface area contributed by atoms with Crippen molar-refractivity contribution < 1.29 is 28.5 Å². The van der Waals surface area contributed by atoms with Gasteiger partial charge in [0.15, 0.2) is 16.3 Å². The molecule has 1 aliphatic rings. The molecule has 0 saturated heterocycles. The maximum absolute atomic E-state index is 13.9. The molecule has 0 bridgehead atoms. The van der Waals surface area contributed by atoms with Crippen molar-refractivity contribution in [3.05, 3.63) is 78.5 Å². The van der Waals surface area contributed by atoms with Gasteiger partial charge in [-0.3, -0.25) is 9.36 Å². The average molecular weight is 525 g/mol. The van der Waals surface area contributed by atoms with Gasteiger partial charge in [0.25, 0.3) is 5.56 Å². The lowest BCUT2D eigenvalue weighted by atomic mass is 9.94. The van der Waals surface area contributed by atoms with Gasteiger partial charge in [0.1, 0.15) is 17.5 Å². The predicted octanol–water partition coefficient (Wildman–Crippen LogP) is 2.83. The van der Waals surface area contributed by atoms with Gasteiger partial charge in [0.05, 0.1) is 50.8 Å². The molecule has 194 valence electrons. The van der Waals surface area contributed by atoms with Crippen molar-refractivity contribution in [2.45, 2.75) is 19.9 Å². The number of hydrogen-bond acceptors (Lipinski definition) is 9. The number of esters is 1. The van der Waals surface area contributed by atoms with E-state index < -0.39 is 12.0 Å². The highest BCUT2D eigenvalue weighted by Crippen LogP contribution is 2.38. The molecule has 10 heteroatoms. The molecule has 1 atom stereocenters. The Morgan fingerprint density at radius 2 is 1.81 bits per heavy atom. The highest BCUT2D eigenvalue weighted by Gasteiger charge is 2.35. The Morgan fingerprint density at radius 1 is 1.05 bits per heavy atom. The highest BCUT2D eigenvalue weighted by molar-refractivity contribution is 7.07. The number of para-hydroxylation sites is 1. The molecule has 0 amide bonds. The maximum Gasteiger partial charge on any atom is 0.338 e. The van der Waals surface area contributed by atoms with Gasteiger partial charge in [0, 0.05) is 11.1 Å². The Hall–Kier alpha value is -4.05. The van der Waals surface area contributed by atoms with Crippen LogP contribution in [0, 0.1) is 0 Å². The quantitative estimate of drug-likeness (QED) is 0.418. The summed E-state index contributed by atoms with van der Waals surface area (Å²) in [6.07, 6.45) is 1.73. The van der Waals surface area contributed by atoms with Crippen LogP contribution >= 0.6 is 11.3 Å². The van der Waals surface area contributed by atoms with Crippen LogP contribution in [0.15, 0.2) is 57.5 Å². The molecule has 0 spiro atoms. The van der Waals surface area contributed by atoms with E-state index in [1.54, 1.807) is 65.5 Å². The Labute approximate surface area is 217 Å². The molecule has 0 fully saturated rings. The number of aromatic nitrogens is 1. The van der Waals surface area contributed by atoms with Crippen LogP contribution in [-0.4, -0.2) is 45.6 Å². The molecule has 0 unspecified atom stereocenters. The van der Waals surface area contributed by atoms with E-state index in [1.165, 1.54) is 23.0 Å². The summed E-state index contributed by atoms with van der Waals surface area (Å²) in [6.45, 7) is 3.64. The van der Waals surface area contributed by atoms with Gasteiger partial charge in [0.2, 0.25) is 0 Å². The zero-order valence-corrected chi connectivity index (χ0v) is 22.3. The Kier molecular flexibility index (Phi) is 7.68. The van der Waals surface area contributed by atoms with E-state index in [-0.39, 0.29) is 17.7 Å². The predicted molar refractivity (Wildman–Crippen MR) is 139 cm³/mol. The fourth-order valence-electron chi connectivity index (χ4n) is 4.31. The van der Waals surface area contributed by atoms with E-state index in [9.17, 15) is 9.59 Å². The lowest BCUT2D eigenvalue weighted by Crippen LogP contribution is -2.40. The van der Waals surface area contributed by atoms with E-state index in [2.05, 4.69) is 4.99 Å². The standard InChI is InChI=1S/C27H28N2O7S/c1-7-36-26(31)22-15(2)28-27-29(23(22)18-14-17(32-3)11-12-19(18)33-4)25(30)21(37-27)13-16-9-8-10-20(34-5)24(16)35-6/h8-14,23H,7H2,1-6H3/b21-13-/t23-/m1/s1. The Bertz CT molecular complexity index is 1550. The summed E-state index contributed by atoms with van der Waals surface area (Å²) in [6, 6.07) is 9.83. The number of carbonyl (C=O) groups is 1. The van der Waals surface area contributed by atoms with Crippen LogP contribution in [0.25, 0.3) is 6.08 Å². The number of allylic oxidation sites excluding steroid dienone is 1. The number of benzene rings is 2. The van der Waals surface area contributed by atoms with Crippen molar-refractivity contribution in [1.82, 2.24) is 4.57 Å². The van der Waals surface area contributed by atoms with Gasteiger partial charge in [-0.25, -0.2) is 9.79 Å². The topological polar surface area (TPSA) is 97.6 Å². The summed E-state index contributed by atoms with van der Waals surface area (Å²) in [5, 5.41) is 0. The van der Waals surface area contributed by atoms with Crippen molar-refractivity contribution in [3.63, 3.8) is 0 Å². The molecule has 1 aliphatic heterocycles. The zero-order chi connectivity index (χ0) is 26.7. The molecule has 3 aromatic rings. The van der Waals surface area contributed by atoms with E-state index >= 15 is 0 Å². The monoisotopic (exact) mass is 524 g/mol. The first-order valence-electron chi connectivity index (χ1n) is 11.5. The molecule has 4 rings (SSSR count). The molecule has 1 aromatic heterocycles. The molecular weight excluding hydrogens is 496 g/mol. The molecule has 2 heterocycles. The SMILES string of the molecule is CCOC(=O)C1=C(C)N=c2s/c(=C\c3cccc(OC)c3OC)c(=O)n2[C@@H]1c1cc(OC)ccc1OC. The second-order valence-electron chi connectivity index (χ2n) is 7.99. The van der Waals surface area contributed by atoms with Crippen molar-refractivity contribution in [3.8, 4) is 23.0 Å². The Balaban J connectivity index is 2.03. The second-order valence-corrected chi connectivity index (χ2v) is 9.00. The van der Waals surface area contributed by atoms with Crippen LogP contribution in [-0.2, 0) is 9.53 Å². The van der Waals surface area contributed by atoms with Gasteiger partial charge < -0.3 is 23.7 Å². The van der Waals surface area contributed by atoms with E-state index in [0.717, 1.165) is 0 Å². The van der Waals surface area contributed by atoms with Crippen molar-refractivity contribution in [2.75, 3.05) is 35.0 Å². The molecular formula is C27H28N2O7S. The highest BCUT2D eigenvalue weighted by atomic mass is 32.1. The van der Waals surface area contributed by atoms with Gasteiger partial charge in [-0.05, 0) is 44.2 Å². The number of thiazole rings is 1. The molecule has 0 aliphatic carbocycles. The lowest BCUT2D eigenvalue weighted by Gasteiger charge is -2.26. The van der Waals surface area contributed by atoms with Gasteiger partial charge in [-0.15, -0.1) is 0 Å². The molecule has 9 nitrogen and oxygen atoms in total. The summed E-state index contributed by atoms with van der Waals surface area (Å²) in [7, 11) is 6.17. The molecule has 0 saturated carbocycles. The number of rotatable bonds is 8. The van der Waals surface area contributed by atoms with Crippen molar-refractivity contribution in [2.24, 2.45) is 4.99 Å². The number of nitrogens with zero attached hydrogens (tertiary/aromatic N) is 2. The van der Waals surface area contributed by atoms with E-state index in [0.29, 0.717) is 49.2 Å². The fraction of sp³-hybridized carbons (Fsp3) is 0.296. The number of carbonyl (C=O) groups excluding carboxylic acids is 1. The summed E-state index contributed by atoms with van der Waals surface area (Å²) in [5.74, 6) is 1.54. The third-order valence-corrected chi connectivity index (χ3v) is 6.95. The first-order valence-corrected chi connectivity index (χ1v) is 12.3. The fourth-order valence-corrected chi connectivity index (χ4v) is 5.34. The molecule has 0 N–H and O–H groups in total. The average Bonchev–Trinajstić information content (AvgIpc) is 3.21. The third kappa shape index (κ3) is 4.72. The normalized spacial score (nSPS) is 15.1. The minimum absolute atomic E-state index is 0.178. The summed E-state index contributed by atoms with van der Waals surface area (Å²) < 4.78 is 29.3. The zero-order valence-electron chi connectivity index (χ0n) is 21.5. The first kappa shape index (κ1) is 26.0. The van der Waals surface area contributed by atoms with Gasteiger partial charge >= 0.3 is 5.97 Å². The third-order valence-electron chi connectivity index (χ3n) is 5.97. The van der Waals surface area contributed by atoms with Gasteiger partial charge in [-0.1, -0.05) is 23.5 Å². The summed E-state index contributed by atoms with van der Waals surface area (Å²) >= 11 is 1.22. The smallest absolute Gasteiger partial charge is 0.338 e. The van der Waals surface area contributed by atoms with Crippen LogP contribution < -0.4 is 33.8 Å². The van der Waals surface area contributed by atoms with Crippen LogP contribution in [0.2, 0.25) is 0 Å². The van der Waals surface area contributed by atoms with Crippen molar-refractivity contribution in [1.29, 1.82) is 0 Å². The molecule has 2 aromatic carbocycles. The summed E-state index contributed by atoms with van der Waals surface area (Å²) in [5.41, 5.74) is 1.64. The second kappa shape index (κ2) is 10.9. The first-order chi connectivity index (χ1) is 17.9. The molecule has 37 heavy (non-hydrogen) atoms.